The minimum atomic E-state index is -0.580. The first-order valence-corrected chi connectivity index (χ1v) is 7.35. The quantitative estimate of drug-likeness (QED) is 0.846. The Kier molecular flexibility index (Phi) is 4.33. The summed E-state index contributed by atoms with van der Waals surface area (Å²) in [5, 5.41) is 7.66. The van der Waals surface area contributed by atoms with Gasteiger partial charge in [-0.25, -0.2) is 13.5 Å². The Bertz CT molecular complexity index is 710. The summed E-state index contributed by atoms with van der Waals surface area (Å²) in [7, 11) is 2.01. The summed E-state index contributed by atoms with van der Waals surface area (Å²) in [6, 6.07) is 3.14. The number of halogens is 2. The first-order chi connectivity index (χ1) is 11.0. The van der Waals surface area contributed by atoms with E-state index in [4.69, 9.17) is 0 Å². The lowest BCUT2D eigenvalue weighted by Crippen LogP contribution is -2.48. The fourth-order valence-corrected chi connectivity index (χ4v) is 2.49. The minimum Gasteiger partial charge on any atom is -0.339 e. The zero-order valence-corrected chi connectivity index (χ0v) is 12.7. The zero-order chi connectivity index (χ0) is 16.4. The Morgan fingerprint density at radius 1 is 1.22 bits per heavy atom. The second-order valence-corrected chi connectivity index (χ2v) is 5.61. The van der Waals surface area contributed by atoms with E-state index in [0.717, 1.165) is 31.3 Å². The lowest BCUT2D eigenvalue weighted by Gasteiger charge is -2.32. The molecule has 2 heterocycles. The van der Waals surface area contributed by atoms with Crippen LogP contribution >= 0.6 is 0 Å². The van der Waals surface area contributed by atoms with Crippen molar-refractivity contribution in [2.75, 3.05) is 33.2 Å². The molecule has 3 rings (SSSR count). The van der Waals surface area contributed by atoms with Crippen LogP contribution in [-0.4, -0.2) is 63.9 Å². The zero-order valence-electron chi connectivity index (χ0n) is 12.7. The van der Waals surface area contributed by atoms with Gasteiger partial charge in [0.05, 0.1) is 6.20 Å². The van der Waals surface area contributed by atoms with Crippen LogP contribution in [0.3, 0.4) is 0 Å². The van der Waals surface area contributed by atoms with Gasteiger partial charge in [0.1, 0.15) is 23.9 Å². The molecule has 0 atom stereocenters. The van der Waals surface area contributed by atoms with Crippen molar-refractivity contribution in [3.05, 3.63) is 36.0 Å². The lowest BCUT2D eigenvalue weighted by atomic mass is 10.1. The molecule has 1 amide bonds. The largest absolute Gasteiger partial charge is 0.339 e. The van der Waals surface area contributed by atoms with Crippen LogP contribution < -0.4 is 0 Å². The van der Waals surface area contributed by atoms with Crippen molar-refractivity contribution >= 4 is 5.91 Å². The molecular weight excluding hydrogens is 304 g/mol. The Morgan fingerprint density at radius 3 is 2.70 bits per heavy atom. The monoisotopic (exact) mass is 321 g/mol. The molecule has 0 N–H and O–H groups in total. The number of carbonyl (C=O) groups excluding carboxylic acids is 1. The molecule has 2 aromatic rings. The topological polar surface area (TPSA) is 54.3 Å². The van der Waals surface area contributed by atoms with E-state index >= 15 is 0 Å². The first-order valence-electron chi connectivity index (χ1n) is 7.35. The van der Waals surface area contributed by atoms with Crippen LogP contribution in [0, 0.1) is 11.6 Å². The first kappa shape index (κ1) is 15.5. The van der Waals surface area contributed by atoms with Gasteiger partial charge < -0.3 is 9.80 Å². The molecule has 1 aromatic heterocycles. The van der Waals surface area contributed by atoms with E-state index in [-0.39, 0.29) is 23.7 Å². The number of nitrogens with zero attached hydrogens (tertiary/aromatic N) is 5. The van der Waals surface area contributed by atoms with Crippen LogP contribution in [0.15, 0.2) is 24.4 Å². The second kappa shape index (κ2) is 6.41. The molecule has 6 nitrogen and oxygen atoms in total. The minimum absolute atomic E-state index is 0.0308. The summed E-state index contributed by atoms with van der Waals surface area (Å²) in [5.41, 5.74) is 0.233. The van der Waals surface area contributed by atoms with Gasteiger partial charge >= 0.3 is 0 Å². The highest BCUT2D eigenvalue weighted by Gasteiger charge is 2.20. The third-order valence-corrected chi connectivity index (χ3v) is 3.90. The third-order valence-electron chi connectivity index (χ3n) is 3.90. The van der Waals surface area contributed by atoms with Gasteiger partial charge in [-0.2, -0.15) is 0 Å². The van der Waals surface area contributed by atoms with Crippen molar-refractivity contribution in [2.24, 2.45) is 0 Å². The smallest absolute Gasteiger partial charge is 0.244 e. The highest BCUT2D eigenvalue weighted by Crippen LogP contribution is 2.21. The summed E-state index contributed by atoms with van der Waals surface area (Å²) in [4.78, 5) is 16.2. The molecule has 122 valence electrons. The summed E-state index contributed by atoms with van der Waals surface area (Å²) in [5.74, 6) is -1.19. The number of hydrogen-bond donors (Lipinski definition) is 0. The van der Waals surface area contributed by atoms with Crippen LogP contribution in [0.25, 0.3) is 11.3 Å². The fourth-order valence-electron chi connectivity index (χ4n) is 2.49. The van der Waals surface area contributed by atoms with E-state index in [1.807, 2.05) is 7.05 Å². The van der Waals surface area contributed by atoms with E-state index in [9.17, 15) is 13.6 Å². The molecule has 1 aliphatic rings. The molecule has 0 spiro atoms. The van der Waals surface area contributed by atoms with E-state index in [2.05, 4.69) is 15.2 Å². The summed E-state index contributed by atoms with van der Waals surface area (Å²) in [6.07, 6.45) is 1.45. The molecule has 8 heteroatoms. The molecule has 23 heavy (non-hydrogen) atoms. The number of hydrogen-bond acceptors (Lipinski definition) is 4. The van der Waals surface area contributed by atoms with Gasteiger partial charge in [0, 0.05) is 31.7 Å². The predicted octanol–water partition coefficient (Wildman–Crippen LogP) is 0.997. The molecule has 1 aromatic carbocycles. The van der Waals surface area contributed by atoms with Gasteiger partial charge in [-0.1, -0.05) is 5.21 Å². The van der Waals surface area contributed by atoms with Gasteiger partial charge in [-0.05, 0) is 25.2 Å². The molecule has 1 fully saturated rings. The highest BCUT2D eigenvalue weighted by atomic mass is 19.1. The Labute approximate surface area is 132 Å². The summed E-state index contributed by atoms with van der Waals surface area (Å²) >= 11 is 0. The number of carbonyl (C=O) groups is 1. The third kappa shape index (κ3) is 3.53. The summed E-state index contributed by atoms with van der Waals surface area (Å²) in [6.45, 7) is 3.06. The lowest BCUT2D eigenvalue weighted by molar-refractivity contribution is -0.133. The van der Waals surface area contributed by atoms with Gasteiger partial charge in [-0.15, -0.1) is 5.10 Å². The Balaban J connectivity index is 1.70. The molecule has 1 saturated heterocycles. The molecule has 0 aliphatic carbocycles. The average molecular weight is 321 g/mol. The van der Waals surface area contributed by atoms with Crippen molar-refractivity contribution in [1.29, 1.82) is 0 Å². The van der Waals surface area contributed by atoms with Crippen molar-refractivity contribution in [3.63, 3.8) is 0 Å². The van der Waals surface area contributed by atoms with Gasteiger partial charge in [0.2, 0.25) is 5.91 Å². The molecule has 1 aliphatic heterocycles. The summed E-state index contributed by atoms with van der Waals surface area (Å²) < 4.78 is 28.3. The Hall–Kier alpha value is -2.35. The van der Waals surface area contributed by atoms with Crippen LogP contribution in [0.2, 0.25) is 0 Å². The molecule has 0 unspecified atom stereocenters. The average Bonchev–Trinajstić information content (AvgIpc) is 2.98. The standard InChI is InChI=1S/C15H17F2N5O/c1-20-4-6-21(7-5-20)15(23)10-22-9-14(18-19-22)12-8-11(16)2-3-13(12)17/h2-3,8-9H,4-7,10H2,1H3. The van der Waals surface area contributed by atoms with Crippen LogP contribution in [0.4, 0.5) is 8.78 Å². The van der Waals surface area contributed by atoms with Gasteiger partial charge in [0.25, 0.3) is 0 Å². The van der Waals surface area contributed by atoms with Crippen LogP contribution in [0.5, 0.6) is 0 Å². The van der Waals surface area contributed by atoms with Crippen LogP contribution in [0.1, 0.15) is 0 Å². The number of amides is 1. The molecule has 0 radical (unpaired) electrons. The van der Waals surface area contributed by atoms with E-state index < -0.39 is 11.6 Å². The second-order valence-electron chi connectivity index (χ2n) is 5.61. The molecular formula is C15H17F2N5O. The fraction of sp³-hybridized carbons (Fsp3) is 0.400. The van der Waals surface area contributed by atoms with E-state index in [1.54, 1.807) is 4.90 Å². The number of likely N-dealkylation sites (N-methyl/N-ethyl adjacent to an activating group) is 1. The maximum atomic E-state index is 13.7. The van der Waals surface area contributed by atoms with Crippen molar-refractivity contribution in [3.8, 4) is 11.3 Å². The van der Waals surface area contributed by atoms with Gasteiger partial charge in [-0.3, -0.25) is 4.79 Å². The highest BCUT2D eigenvalue weighted by molar-refractivity contribution is 5.76. The predicted molar refractivity (Wildman–Crippen MR) is 79.5 cm³/mol. The normalized spacial score (nSPS) is 15.9. The molecule has 0 bridgehead atoms. The number of benzene rings is 1. The van der Waals surface area contributed by atoms with Gasteiger partial charge in [0.15, 0.2) is 0 Å². The SMILES string of the molecule is CN1CCN(C(=O)Cn2cc(-c3cc(F)ccc3F)nn2)CC1. The maximum Gasteiger partial charge on any atom is 0.244 e. The van der Waals surface area contributed by atoms with Crippen molar-refractivity contribution in [1.82, 2.24) is 24.8 Å². The van der Waals surface area contributed by atoms with Crippen molar-refractivity contribution in [2.45, 2.75) is 6.54 Å². The number of piperazine rings is 1. The van der Waals surface area contributed by atoms with Crippen molar-refractivity contribution < 1.29 is 13.6 Å². The number of rotatable bonds is 3. The van der Waals surface area contributed by atoms with E-state index in [0.29, 0.717) is 13.1 Å². The van der Waals surface area contributed by atoms with Crippen LogP contribution in [-0.2, 0) is 11.3 Å². The van der Waals surface area contributed by atoms with E-state index in [1.165, 1.54) is 10.9 Å². The number of aromatic nitrogens is 3. The maximum absolute atomic E-state index is 13.7. The Morgan fingerprint density at radius 2 is 1.96 bits per heavy atom. The molecule has 0 saturated carbocycles.